The Bertz CT molecular complexity index is 379. The second kappa shape index (κ2) is 8.25. The number of phosphoric acid groups is 1. The van der Waals surface area contributed by atoms with Crippen LogP contribution in [-0.2, 0) is 18.4 Å². The molecule has 0 heterocycles. The molecule has 0 aliphatic carbocycles. The predicted octanol–water partition coefficient (Wildman–Crippen LogP) is 1.38. The number of hydrogen-bond acceptors (Lipinski definition) is 4. The van der Waals surface area contributed by atoms with E-state index in [9.17, 15) is 14.3 Å². The fraction of sp³-hybridized carbons (Fsp3) is 0.923. The predicted molar refractivity (Wildman–Crippen MR) is 81.7 cm³/mol. The largest absolute Gasteiger partial charge is 0.472 e. The lowest BCUT2D eigenvalue weighted by atomic mass is 9.89. The quantitative estimate of drug-likeness (QED) is 0.360. The van der Waals surface area contributed by atoms with Gasteiger partial charge in [-0.2, -0.15) is 0 Å². The van der Waals surface area contributed by atoms with Crippen molar-refractivity contribution in [1.82, 2.24) is 5.32 Å². The number of carbonyl (C=O) groups excluding carboxylic acids is 1. The summed E-state index contributed by atoms with van der Waals surface area (Å²) in [6.07, 6.45) is 0.715. The molecule has 1 amide bonds. The molecule has 0 spiro atoms. The third-order valence-electron chi connectivity index (χ3n) is 3.16. The van der Waals surface area contributed by atoms with E-state index in [1.54, 1.807) is 0 Å². The SMILES string of the molecule is CCC(C)(C)C(=O)NCCOP(=O)(O)OCC[N+](C)(C)C. The van der Waals surface area contributed by atoms with E-state index in [-0.39, 0.29) is 25.7 Å². The van der Waals surface area contributed by atoms with Crippen molar-refractivity contribution in [2.45, 2.75) is 27.2 Å². The average molecular weight is 325 g/mol. The molecule has 0 aliphatic rings. The van der Waals surface area contributed by atoms with Gasteiger partial charge in [0, 0.05) is 12.0 Å². The summed E-state index contributed by atoms with van der Waals surface area (Å²) in [5, 5.41) is 2.67. The molecule has 0 bridgehead atoms. The minimum absolute atomic E-state index is 0.0658. The van der Waals surface area contributed by atoms with E-state index < -0.39 is 13.2 Å². The summed E-state index contributed by atoms with van der Waals surface area (Å²) in [6, 6.07) is 0. The molecule has 0 fully saturated rings. The van der Waals surface area contributed by atoms with Crippen LogP contribution < -0.4 is 5.32 Å². The zero-order chi connectivity index (χ0) is 16.7. The first-order valence-electron chi connectivity index (χ1n) is 7.10. The van der Waals surface area contributed by atoms with E-state index in [0.29, 0.717) is 17.4 Å². The Hall–Kier alpha value is -0.460. The Morgan fingerprint density at radius 2 is 1.76 bits per heavy atom. The van der Waals surface area contributed by atoms with Crippen LogP contribution >= 0.6 is 7.82 Å². The first kappa shape index (κ1) is 20.5. The molecule has 0 radical (unpaired) electrons. The fourth-order valence-corrected chi connectivity index (χ4v) is 1.90. The highest BCUT2D eigenvalue weighted by Gasteiger charge is 2.26. The zero-order valence-corrected chi connectivity index (χ0v) is 14.9. The zero-order valence-electron chi connectivity index (χ0n) is 14.0. The molecule has 8 heteroatoms. The van der Waals surface area contributed by atoms with E-state index in [0.717, 1.165) is 0 Å². The van der Waals surface area contributed by atoms with Crippen molar-refractivity contribution in [2.24, 2.45) is 5.41 Å². The number of hydrogen-bond donors (Lipinski definition) is 2. The Morgan fingerprint density at radius 1 is 1.24 bits per heavy atom. The van der Waals surface area contributed by atoms with Crippen molar-refractivity contribution in [3.05, 3.63) is 0 Å². The van der Waals surface area contributed by atoms with Gasteiger partial charge in [-0.25, -0.2) is 4.57 Å². The maximum absolute atomic E-state index is 11.8. The van der Waals surface area contributed by atoms with E-state index in [1.165, 1.54) is 0 Å². The number of phosphoric ester groups is 1. The second-order valence-electron chi connectivity index (χ2n) is 6.64. The Labute approximate surface area is 127 Å². The minimum atomic E-state index is -4.05. The molecule has 0 saturated carbocycles. The first-order valence-corrected chi connectivity index (χ1v) is 8.60. The molecule has 0 aliphatic heterocycles. The van der Waals surface area contributed by atoms with E-state index in [2.05, 4.69) is 5.32 Å². The van der Waals surface area contributed by atoms with Crippen molar-refractivity contribution in [3.8, 4) is 0 Å². The van der Waals surface area contributed by atoms with Crippen LogP contribution in [0.5, 0.6) is 0 Å². The highest BCUT2D eigenvalue weighted by atomic mass is 31.2. The van der Waals surface area contributed by atoms with E-state index in [4.69, 9.17) is 9.05 Å². The number of nitrogens with zero attached hydrogens (tertiary/aromatic N) is 1. The van der Waals surface area contributed by atoms with Crippen molar-refractivity contribution in [2.75, 3.05) is 47.4 Å². The van der Waals surface area contributed by atoms with Crippen LogP contribution in [0.1, 0.15) is 27.2 Å². The molecule has 0 rings (SSSR count). The summed E-state index contributed by atoms with van der Waals surface area (Å²) in [7, 11) is 1.82. The van der Waals surface area contributed by atoms with Gasteiger partial charge in [-0.3, -0.25) is 13.8 Å². The first-order chi connectivity index (χ1) is 9.40. The molecule has 1 atom stereocenters. The van der Waals surface area contributed by atoms with Gasteiger partial charge in [-0.15, -0.1) is 0 Å². The van der Waals surface area contributed by atoms with E-state index in [1.807, 2.05) is 41.9 Å². The average Bonchev–Trinajstić information content (AvgIpc) is 2.32. The Morgan fingerprint density at radius 3 is 2.24 bits per heavy atom. The van der Waals surface area contributed by atoms with Crippen molar-refractivity contribution < 1.29 is 27.8 Å². The lowest BCUT2D eigenvalue weighted by molar-refractivity contribution is -0.870. The molecule has 7 nitrogen and oxygen atoms in total. The summed E-state index contributed by atoms with van der Waals surface area (Å²) in [6.45, 7) is 6.44. The van der Waals surface area contributed by atoms with Gasteiger partial charge >= 0.3 is 7.82 Å². The second-order valence-corrected chi connectivity index (χ2v) is 8.10. The summed E-state index contributed by atoms with van der Waals surface area (Å²) in [5.74, 6) is -0.104. The molecule has 1 unspecified atom stereocenters. The number of nitrogens with one attached hydrogen (secondary N) is 1. The molecule has 2 N–H and O–H groups in total. The molecule has 0 aromatic carbocycles. The van der Waals surface area contributed by atoms with Crippen LogP contribution in [0.15, 0.2) is 0 Å². The smallest absolute Gasteiger partial charge is 0.353 e. The summed E-state index contributed by atoms with van der Waals surface area (Å²) >= 11 is 0. The van der Waals surface area contributed by atoms with Crippen LogP contribution in [0.3, 0.4) is 0 Å². The summed E-state index contributed by atoms with van der Waals surface area (Å²) < 4.78 is 21.9. The minimum Gasteiger partial charge on any atom is -0.353 e. The third-order valence-corrected chi connectivity index (χ3v) is 4.17. The maximum Gasteiger partial charge on any atom is 0.472 e. The summed E-state index contributed by atoms with van der Waals surface area (Å²) in [4.78, 5) is 21.2. The van der Waals surface area contributed by atoms with Gasteiger partial charge in [0.05, 0.1) is 27.7 Å². The Balaban J connectivity index is 3.95. The van der Waals surface area contributed by atoms with Gasteiger partial charge in [0.15, 0.2) is 0 Å². The number of quaternary nitrogens is 1. The topological polar surface area (TPSA) is 84.9 Å². The van der Waals surface area contributed by atoms with Crippen LogP contribution in [0, 0.1) is 5.41 Å². The van der Waals surface area contributed by atoms with E-state index >= 15 is 0 Å². The normalized spacial score (nSPS) is 15.6. The van der Waals surface area contributed by atoms with Crippen LogP contribution in [-0.4, -0.2) is 62.7 Å². The molecule has 126 valence electrons. The summed E-state index contributed by atoms with van der Waals surface area (Å²) in [5.41, 5.74) is -0.454. The van der Waals surface area contributed by atoms with Crippen molar-refractivity contribution in [1.29, 1.82) is 0 Å². The molecule has 0 aromatic rings. The molecular formula is C13H30N2O5P+. The molecule has 21 heavy (non-hydrogen) atoms. The van der Waals surface area contributed by atoms with Gasteiger partial charge in [-0.05, 0) is 6.42 Å². The number of carbonyl (C=O) groups is 1. The lowest BCUT2D eigenvalue weighted by Gasteiger charge is -2.24. The fourth-order valence-electron chi connectivity index (χ4n) is 1.19. The monoisotopic (exact) mass is 325 g/mol. The molecular weight excluding hydrogens is 295 g/mol. The highest BCUT2D eigenvalue weighted by Crippen LogP contribution is 2.42. The van der Waals surface area contributed by atoms with Gasteiger partial charge in [0.2, 0.25) is 5.91 Å². The van der Waals surface area contributed by atoms with Gasteiger partial charge in [-0.1, -0.05) is 20.8 Å². The van der Waals surface area contributed by atoms with Gasteiger partial charge in [0.1, 0.15) is 13.2 Å². The highest BCUT2D eigenvalue weighted by molar-refractivity contribution is 7.47. The van der Waals surface area contributed by atoms with Crippen LogP contribution in [0.4, 0.5) is 0 Å². The van der Waals surface area contributed by atoms with Crippen LogP contribution in [0.25, 0.3) is 0 Å². The van der Waals surface area contributed by atoms with Gasteiger partial charge in [0.25, 0.3) is 0 Å². The van der Waals surface area contributed by atoms with Crippen LogP contribution in [0.2, 0.25) is 0 Å². The standard InChI is InChI=1S/C13H29N2O5P/c1-7-13(2,3)12(16)14-8-10-19-21(17,18)20-11-9-15(4,5)6/h7-11H2,1-6H3,(H-,14,16,17,18)/p+1. The molecule has 0 saturated heterocycles. The van der Waals surface area contributed by atoms with Crippen molar-refractivity contribution >= 4 is 13.7 Å². The number of rotatable bonds is 10. The maximum atomic E-state index is 11.8. The Kier molecular flexibility index (Phi) is 8.07. The van der Waals surface area contributed by atoms with Gasteiger partial charge < -0.3 is 14.7 Å². The lowest BCUT2D eigenvalue weighted by Crippen LogP contribution is -2.38. The number of amides is 1. The number of likely N-dealkylation sites (N-methyl/N-ethyl adjacent to an activating group) is 1. The van der Waals surface area contributed by atoms with Crippen molar-refractivity contribution in [3.63, 3.8) is 0 Å². The third kappa shape index (κ3) is 9.98. The molecule has 0 aromatic heterocycles.